The topological polar surface area (TPSA) is 92.8 Å². The van der Waals surface area contributed by atoms with Crippen LogP contribution in [0.2, 0.25) is 0 Å². The first-order chi connectivity index (χ1) is 16.3. The molecule has 7 nitrogen and oxygen atoms in total. The fourth-order valence-corrected chi connectivity index (χ4v) is 5.34. The zero-order valence-corrected chi connectivity index (χ0v) is 19.3. The number of anilines is 2. The number of carbonyl (C=O) groups is 2. The maximum Gasteiger partial charge on any atom is 0.338 e. The predicted octanol–water partition coefficient (Wildman–Crippen LogP) is 4.60. The molecule has 0 radical (unpaired) electrons. The number of fused-ring (bicyclic) bond motifs is 3. The van der Waals surface area contributed by atoms with Gasteiger partial charge < -0.3 is 10.1 Å². The van der Waals surface area contributed by atoms with E-state index in [4.69, 9.17) is 4.74 Å². The van der Waals surface area contributed by atoms with Crippen LogP contribution in [0.1, 0.15) is 30.1 Å². The number of nitrogens with zero attached hydrogens (tertiary/aromatic N) is 1. The van der Waals surface area contributed by atoms with Crippen molar-refractivity contribution in [2.24, 2.45) is 0 Å². The molecule has 0 saturated carbocycles. The first kappa shape index (κ1) is 23.4. The van der Waals surface area contributed by atoms with E-state index in [2.05, 4.69) is 5.32 Å². The zero-order chi connectivity index (χ0) is 24.3. The third kappa shape index (κ3) is 4.65. The Morgan fingerprint density at radius 2 is 1.74 bits per heavy atom. The van der Waals surface area contributed by atoms with E-state index in [0.29, 0.717) is 29.0 Å². The molecule has 1 heterocycles. The van der Waals surface area contributed by atoms with Crippen LogP contribution < -0.4 is 9.62 Å². The highest BCUT2D eigenvalue weighted by atomic mass is 32.2. The molecule has 3 aromatic carbocycles. The number of halogens is 1. The van der Waals surface area contributed by atoms with Gasteiger partial charge in [0.1, 0.15) is 12.4 Å². The minimum Gasteiger partial charge on any atom is -0.462 e. The SMILES string of the molecule is CCCCOC(=O)c1ccc(NC(=O)CN2c3ccc(F)cc3-c3ccccc3S2(=O)=O)cc1. The lowest BCUT2D eigenvalue weighted by atomic mass is 10.0. The van der Waals surface area contributed by atoms with Crippen LogP contribution in [0.4, 0.5) is 15.8 Å². The monoisotopic (exact) mass is 482 g/mol. The molecule has 176 valence electrons. The summed E-state index contributed by atoms with van der Waals surface area (Å²) >= 11 is 0. The molecular weight excluding hydrogens is 459 g/mol. The van der Waals surface area contributed by atoms with E-state index < -0.39 is 34.3 Å². The number of hydrogen-bond acceptors (Lipinski definition) is 5. The zero-order valence-electron chi connectivity index (χ0n) is 18.5. The van der Waals surface area contributed by atoms with Crippen molar-refractivity contribution in [1.82, 2.24) is 0 Å². The fourth-order valence-electron chi connectivity index (χ4n) is 3.69. The summed E-state index contributed by atoms with van der Waals surface area (Å²) in [5.74, 6) is -1.55. The van der Waals surface area contributed by atoms with Crippen molar-refractivity contribution in [3.63, 3.8) is 0 Å². The summed E-state index contributed by atoms with van der Waals surface area (Å²) in [7, 11) is -4.04. The van der Waals surface area contributed by atoms with Gasteiger partial charge in [0, 0.05) is 16.8 Å². The van der Waals surface area contributed by atoms with Crippen molar-refractivity contribution in [3.8, 4) is 11.1 Å². The highest BCUT2D eigenvalue weighted by molar-refractivity contribution is 7.93. The molecule has 0 aliphatic carbocycles. The van der Waals surface area contributed by atoms with Gasteiger partial charge >= 0.3 is 5.97 Å². The minimum atomic E-state index is -4.04. The molecule has 0 bridgehead atoms. The summed E-state index contributed by atoms with van der Waals surface area (Å²) in [5.41, 5.74) is 1.74. The molecule has 1 amide bonds. The number of esters is 1. The van der Waals surface area contributed by atoms with E-state index in [1.807, 2.05) is 6.92 Å². The Kier molecular flexibility index (Phi) is 6.65. The number of unbranched alkanes of at least 4 members (excludes halogenated alkanes) is 1. The summed E-state index contributed by atoms with van der Waals surface area (Å²) in [6.07, 6.45) is 1.69. The van der Waals surface area contributed by atoms with E-state index >= 15 is 0 Å². The summed E-state index contributed by atoms with van der Waals surface area (Å²) in [5, 5.41) is 2.64. The number of ether oxygens (including phenoxy) is 1. The number of benzene rings is 3. The molecule has 9 heteroatoms. The van der Waals surface area contributed by atoms with Gasteiger partial charge in [-0.25, -0.2) is 17.6 Å². The van der Waals surface area contributed by atoms with Gasteiger partial charge in [-0.2, -0.15) is 0 Å². The Morgan fingerprint density at radius 3 is 2.47 bits per heavy atom. The third-order valence-electron chi connectivity index (χ3n) is 5.40. The normalized spacial score (nSPS) is 13.5. The van der Waals surface area contributed by atoms with Crippen molar-refractivity contribution in [2.75, 3.05) is 22.8 Å². The smallest absolute Gasteiger partial charge is 0.338 e. The van der Waals surface area contributed by atoms with Crippen LogP contribution in [0.25, 0.3) is 11.1 Å². The maximum atomic E-state index is 14.0. The lowest BCUT2D eigenvalue weighted by Crippen LogP contribution is -2.40. The average Bonchev–Trinajstić information content (AvgIpc) is 2.82. The number of amides is 1. The van der Waals surface area contributed by atoms with Crippen molar-refractivity contribution in [3.05, 3.63) is 78.1 Å². The number of hydrogen-bond donors (Lipinski definition) is 1. The third-order valence-corrected chi connectivity index (χ3v) is 7.21. The maximum absolute atomic E-state index is 14.0. The van der Waals surface area contributed by atoms with Gasteiger partial charge in [-0.3, -0.25) is 9.10 Å². The second-order valence-corrected chi connectivity index (χ2v) is 9.62. The molecular formula is C25H23FN2O5S. The van der Waals surface area contributed by atoms with Crippen LogP contribution in [-0.4, -0.2) is 33.4 Å². The summed E-state index contributed by atoms with van der Waals surface area (Å²) in [6.45, 7) is 1.83. The standard InChI is InChI=1S/C25H23FN2O5S/c1-2-3-14-33-25(30)17-8-11-19(12-9-17)27-24(29)16-28-22-13-10-18(26)15-21(22)20-6-4-5-7-23(20)34(28,31)32/h4-13,15H,2-3,14,16H2,1H3,(H,27,29). The van der Waals surface area contributed by atoms with E-state index in [9.17, 15) is 22.4 Å². The van der Waals surface area contributed by atoms with Gasteiger partial charge in [0.25, 0.3) is 10.0 Å². The first-order valence-electron chi connectivity index (χ1n) is 10.8. The fraction of sp³-hybridized carbons (Fsp3) is 0.200. The summed E-state index contributed by atoms with van der Waals surface area (Å²) < 4.78 is 46.6. The number of nitrogens with one attached hydrogen (secondary N) is 1. The first-order valence-corrected chi connectivity index (χ1v) is 12.2. The molecule has 0 fully saturated rings. The molecule has 1 aliphatic rings. The Labute approximate surface area is 197 Å². The average molecular weight is 483 g/mol. The van der Waals surface area contributed by atoms with E-state index in [1.165, 1.54) is 42.5 Å². The van der Waals surface area contributed by atoms with E-state index in [0.717, 1.165) is 23.2 Å². The predicted molar refractivity (Wildman–Crippen MR) is 127 cm³/mol. The number of carbonyl (C=O) groups excluding carboxylic acids is 2. The highest BCUT2D eigenvalue weighted by Gasteiger charge is 2.36. The number of sulfonamides is 1. The largest absolute Gasteiger partial charge is 0.462 e. The van der Waals surface area contributed by atoms with Crippen LogP contribution in [0.5, 0.6) is 0 Å². The van der Waals surface area contributed by atoms with Gasteiger partial charge in [0.05, 0.1) is 22.8 Å². The summed E-state index contributed by atoms with van der Waals surface area (Å²) in [6, 6.07) is 16.2. The molecule has 0 unspecified atom stereocenters. The quantitative estimate of drug-likeness (QED) is 0.393. The van der Waals surface area contributed by atoms with E-state index in [1.54, 1.807) is 18.2 Å². The Morgan fingerprint density at radius 1 is 1.00 bits per heavy atom. The van der Waals surface area contributed by atoms with Crippen LogP contribution in [0.15, 0.2) is 71.6 Å². The lowest BCUT2D eigenvalue weighted by molar-refractivity contribution is -0.114. The van der Waals surface area contributed by atoms with Crippen molar-refractivity contribution < 1.29 is 27.1 Å². The summed E-state index contributed by atoms with van der Waals surface area (Å²) in [4.78, 5) is 24.8. The second kappa shape index (κ2) is 9.64. The van der Waals surface area contributed by atoms with Crippen molar-refractivity contribution in [2.45, 2.75) is 24.7 Å². The molecule has 0 atom stereocenters. The Balaban J connectivity index is 1.53. The van der Waals surface area contributed by atoms with Crippen molar-refractivity contribution >= 4 is 33.3 Å². The van der Waals surface area contributed by atoms with Crippen molar-refractivity contribution in [1.29, 1.82) is 0 Å². The Bertz CT molecular complexity index is 1340. The van der Waals surface area contributed by atoms with E-state index in [-0.39, 0.29) is 10.6 Å². The van der Waals surface area contributed by atoms with Crippen LogP contribution in [0.3, 0.4) is 0 Å². The van der Waals surface area contributed by atoms with Gasteiger partial charge in [0.2, 0.25) is 5.91 Å². The van der Waals surface area contributed by atoms with Crippen LogP contribution in [0, 0.1) is 5.82 Å². The van der Waals surface area contributed by atoms with Gasteiger partial charge in [-0.15, -0.1) is 0 Å². The second-order valence-electron chi connectivity index (χ2n) is 7.78. The lowest BCUT2D eigenvalue weighted by Gasteiger charge is -2.31. The van der Waals surface area contributed by atoms with Crippen LogP contribution in [-0.2, 0) is 19.6 Å². The van der Waals surface area contributed by atoms with Gasteiger partial charge in [-0.05, 0) is 55.0 Å². The molecule has 3 aromatic rings. The molecule has 0 spiro atoms. The molecule has 4 rings (SSSR count). The molecule has 1 aliphatic heterocycles. The molecule has 0 aromatic heterocycles. The molecule has 34 heavy (non-hydrogen) atoms. The van der Waals surface area contributed by atoms with Crippen LogP contribution >= 0.6 is 0 Å². The Hall–Kier alpha value is -3.72. The highest BCUT2D eigenvalue weighted by Crippen LogP contribution is 2.43. The molecule has 1 N–H and O–H groups in total. The van der Waals surface area contributed by atoms with Gasteiger partial charge in [0.15, 0.2) is 0 Å². The molecule has 0 saturated heterocycles. The number of rotatable bonds is 7. The van der Waals surface area contributed by atoms with Gasteiger partial charge in [-0.1, -0.05) is 31.5 Å². The minimum absolute atomic E-state index is 0.00633.